The Hall–Kier alpha value is -0.810. The van der Waals surface area contributed by atoms with Crippen LogP contribution in [0, 0.1) is 19.3 Å². The highest BCUT2D eigenvalue weighted by molar-refractivity contribution is 14.0. The van der Waals surface area contributed by atoms with Gasteiger partial charge in [-0.2, -0.15) is 0 Å². The molecular formula is C14H23IN4S. The number of nitrogens with zero attached hydrogens (tertiary/aromatic N) is 2. The van der Waals surface area contributed by atoms with Crippen LogP contribution in [0.15, 0.2) is 4.99 Å². The third-order valence-electron chi connectivity index (χ3n) is 2.57. The number of rotatable bonds is 6. The molecule has 4 nitrogen and oxygen atoms in total. The van der Waals surface area contributed by atoms with Gasteiger partial charge in [-0.3, -0.25) is 4.99 Å². The van der Waals surface area contributed by atoms with Gasteiger partial charge in [0.05, 0.1) is 17.2 Å². The summed E-state index contributed by atoms with van der Waals surface area (Å²) in [6.45, 7) is 8.33. The predicted octanol–water partition coefficient (Wildman–Crippen LogP) is 2.36. The lowest BCUT2D eigenvalue weighted by molar-refractivity contribution is 0.850. The summed E-state index contributed by atoms with van der Waals surface area (Å²) in [5.41, 5.74) is 1.21. The molecule has 6 heteroatoms. The Morgan fingerprint density at radius 1 is 1.40 bits per heavy atom. The number of hydrogen-bond donors (Lipinski definition) is 2. The Morgan fingerprint density at radius 3 is 2.70 bits per heavy atom. The van der Waals surface area contributed by atoms with Crippen LogP contribution in [0.25, 0.3) is 0 Å². The van der Waals surface area contributed by atoms with E-state index in [0.29, 0.717) is 6.54 Å². The number of nitrogens with one attached hydrogen (secondary N) is 2. The summed E-state index contributed by atoms with van der Waals surface area (Å²) in [6.07, 6.45) is 7.09. The van der Waals surface area contributed by atoms with Gasteiger partial charge in [0.1, 0.15) is 0 Å². The molecule has 0 atom stereocenters. The Kier molecular flexibility index (Phi) is 10.5. The molecule has 0 aliphatic heterocycles. The number of aliphatic imine (C=N–C) groups is 1. The summed E-state index contributed by atoms with van der Waals surface area (Å²) in [5, 5.41) is 7.39. The van der Waals surface area contributed by atoms with E-state index < -0.39 is 0 Å². The minimum absolute atomic E-state index is 0. The summed E-state index contributed by atoms with van der Waals surface area (Å²) in [7, 11) is 0. The lowest BCUT2D eigenvalue weighted by Gasteiger charge is -2.08. The van der Waals surface area contributed by atoms with E-state index in [1.165, 1.54) is 10.6 Å². The molecule has 2 N–H and O–H groups in total. The van der Waals surface area contributed by atoms with Crippen LogP contribution in [0.3, 0.4) is 0 Å². The highest BCUT2D eigenvalue weighted by Crippen LogP contribution is 2.18. The van der Waals surface area contributed by atoms with Crippen molar-refractivity contribution in [3.63, 3.8) is 0 Å². The Balaban J connectivity index is 0.00000361. The first-order chi connectivity index (χ1) is 9.21. The number of thiazole rings is 1. The van der Waals surface area contributed by atoms with E-state index in [1.807, 2.05) is 6.92 Å². The van der Waals surface area contributed by atoms with Gasteiger partial charge in [0.25, 0.3) is 0 Å². The molecule has 0 saturated carbocycles. The average molecular weight is 406 g/mol. The van der Waals surface area contributed by atoms with Crippen LogP contribution in [0.2, 0.25) is 0 Å². The first-order valence-electron chi connectivity index (χ1n) is 6.62. The van der Waals surface area contributed by atoms with E-state index in [9.17, 15) is 0 Å². The van der Waals surface area contributed by atoms with Crippen LogP contribution in [0.4, 0.5) is 0 Å². The fourth-order valence-electron chi connectivity index (χ4n) is 1.66. The molecular weight excluding hydrogens is 383 g/mol. The van der Waals surface area contributed by atoms with Gasteiger partial charge in [-0.15, -0.1) is 41.7 Å². The molecule has 0 spiro atoms. The first-order valence-corrected chi connectivity index (χ1v) is 7.43. The number of terminal acetylenes is 1. The van der Waals surface area contributed by atoms with Crippen molar-refractivity contribution in [2.45, 2.75) is 33.6 Å². The zero-order valence-corrected chi connectivity index (χ0v) is 15.5. The van der Waals surface area contributed by atoms with Gasteiger partial charge in [-0.1, -0.05) is 12.8 Å². The number of hydrogen-bond acceptors (Lipinski definition) is 3. The summed E-state index contributed by atoms with van der Waals surface area (Å²) in [5.74, 6) is 3.31. The maximum atomic E-state index is 5.22. The molecule has 1 aromatic heterocycles. The van der Waals surface area contributed by atoms with Crippen molar-refractivity contribution < 1.29 is 0 Å². The maximum Gasteiger partial charge on any atom is 0.192 e. The van der Waals surface area contributed by atoms with E-state index in [4.69, 9.17) is 6.42 Å². The summed E-state index contributed by atoms with van der Waals surface area (Å²) in [4.78, 5) is 10.4. The Bertz CT molecular complexity index is 462. The molecule has 0 aliphatic carbocycles. The zero-order chi connectivity index (χ0) is 14.1. The van der Waals surface area contributed by atoms with Crippen molar-refractivity contribution in [1.29, 1.82) is 0 Å². The third-order valence-corrected chi connectivity index (χ3v) is 3.64. The lowest BCUT2D eigenvalue weighted by Crippen LogP contribution is -2.37. The van der Waals surface area contributed by atoms with Gasteiger partial charge < -0.3 is 10.6 Å². The molecule has 112 valence electrons. The molecule has 0 aromatic carbocycles. The van der Waals surface area contributed by atoms with Gasteiger partial charge in [0.15, 0.2) is 5.96 Å². The molecule has 0 bridgehead atoms. The molecule has 0 saturated heterocycles. The largest absolute Gasteiger partial charge is 0.357 e. The van der Waals surface area contributed by atoms with E-state index in [1.54, 1.807) is 11.3 Å². The van der Waals surface area contributed by atoms with E-state index in [-0.39, 0.29) is 24.0 Å². The number of aromatic nitrogens is 1. The predicted molar refractivity (Wildman–Crippen MR) is 98.2 cm³/mol. The van der Waals surface area contributed by atoms with Crippen molar-refractivity contribution in [2.24, 2.45) is 4.99 Å². The fraction of sp³-hybridized carbons (Fsp3) is 0.571. The van der Waals surface area contributed by atoms with Crippen LogP contribution >= 0.6 is 35.3 Å². The van der Waals surface area contributed by atoms with Crippen molar-refractivity contribution >= 4 is 41.3 Å². The average Bonchev–Trinajstić information content (AvgIpc) is 2.76. The molecule has 0 amide bonds. The van der Waals surface area contributed by atoms with Crippen LogP contribution in [0.5, 0.6) is 0 Å². The van der Waals surface area contributed by atoms with Gasteiger partial charge in [0, 0.05) is 24.4 Å². The molecule has 1 rings (SSSR count). The quantitative estimate of drug-likeness (QED) is 0.330. The minimum Gasteiger partial charge on any atom is -0.357 e. The second-order valence-corrected chi connectivity index (χ2v) is 5.32. The number of halogens is 1. The standard InChI is InChI=1S/C14H22N4S.HI/c1-5-9-16-14(15-7-3)17-10-8-13-18-12(6-2)11(4)19-13;/h1H,6-10H2,2-4H3,(H2,15,16,17);1H. The second kappa shape index (κ2) is 10.9. The Labute approximate surface area is 142 Å². The normalized spacial score (nSPS) is 10.6. The monoisotopic (exact) mass is 406 g/mol. The highest BCUT2D eigenvalue weighted by atomic mass is 127. The van der Waals surface area contributed by atoms with Crippen LogP contribution < -0.4 is 10.6 Å². The van der Waals surface area contributed by atoms with Crippen LogP contribution in [-0.4, -0.2) is 30.6 Å². The van der Waals surface area contributed by atoms with Crippen LogP contribution in [-0.2, 0) is 12.8 Å². The zero-order valence-electron chi connectivity index (χ0n) is 12.3. The smallest absolute Gasteiger partial charge is 0.192 e. The van der Waals surface area contributed by atoms with E-state index >= 15 is 0 Å². The lowest BCUT2D eigenvalue weighted by atomic mass is 10.3. The SMILES string of the molecule is C#CCNC(=NCCc1nc(CC)c(C)s1)NCC.I. The molecule has 0 aliphatic rings. The number of aryl methyl sites for hydroxylation is 2. The molecule has 20 heavy (non-hydrogen) atoms. The number of guanidine groups is 1. The third kappa shape index (κ3) is 6.57. The van der Waals surface area contributed by atoms with Crippen molar-refractivity contribution in [2.75, 3.05) is 19.6 Å². The highest BCUT2D eigenvalue weighted by Gasteiger charge is 2.05. The van der Waals surface area contributed by atoms with Gasteiger partial charge in [-0.05, 0) is 20.3 Å². The van der Waals surface area contributed by atoms with Gasteiger partial charge in [-0.25, -0.2) is 4.98 Å². The Morgan fingerprint density at radius 2 is 2.15 bits per heavy atom. The van der Waals surface area contributed by atoms with E-state index in [0.717, 1.165) is 36.9 Å². The minimum atomic E-state index is 0. The maximum absolute atomic E-state index is 5.22. The fourth-order valence-corrected chi connectivity index (χ4v) is 2.67. The summed E-state index contributed by atoms with van der Waals surface area (Å²) in [6, 6.07) is 0. The topological polar surface area (TPSA) is 49.3 Å². The molecule has 0 fully saturated rings. The van der Waals surface area contributed by atoms with Crippen molar-refractivity contribution in [3.8, 4) is 12.3 Å². The van der Waals surface area contributed by atoms with Crippen molar-refractivity contribution in [3.05, 3.63) is 15.6 Å². The molecule has 0 unspecified atom stereocenters. The molecule has 1 aromatic rings. The second-order valence-electron chi connectivity index (χ2n) is 4.03. The summed E-state index contributed by atoms with van der Waals surface area (Å²) < 4.78 is 0. The molecule has 0 radical (unpaired) electrons. The van der Waals surface area contributed by atoms with Gasteiger partial charge in [0.2, 0.25) is 0 Å². The van der Waals surface area contributed by atoms with E-state index in [2.05, 4.69) is 40.4 Å². The van der Waals surface area contributed by atoms with Gasteiger partial charge >= 0.3 is 0 Å². The van der Waals surface area contributed by atoms with Crippen LogP contribution in [0.1, 0.15) is 29.4 Å². The van der Waals surface area contributed by atoms with Crippen molar-refractivity contribution in [1.82, 2.24) is 15.6 Å². The molecule has 1 heterocycles. The first kappa shape index (κ1) is 19.2. The summed E-state index contributed by atoms with van der Waals surface area (Å²) >= 11 is 1.77.